The molecule has 3 aromatic rings. The molecule has 0 spiro atoms. The number of allylic oxidation sites excluding steroid dienone is 1. The van der Waals surface area contributed by atoms with E-state index >= 15 is 0 Å². The Labute approximate surface area is 218 Å². The molecular formula is C28H35N5O4. The maximum atomic E-state index is 13.0. The molecule has 4 rings (SSSR count). The quantitative estimate of drug-likeness (QED) is 0.387. The fraction of sp³-hybridized carbons (Fsp3) is 0.321. The highest BCUT2D eigenvalue weighted by atomic mass is 16.5. The molecule has 0 fully saturated rings. The van der Waals surface area contributed by atoms with E-state index < -0.39 is 5.97 Å². The van der Waals surface area contributed by atoms with Crippen molar-refractivity contribution >= 4 is 41.2 Å². The van der Waals surface area contributed by atoms with Crippen molar-refractivity contribution in [2.45, 2.75) is 20.9 Å². The number of carbonyl (C=O) groups is 1. The van der Waals surface area contributed by atoms with Gasteiger partial charge in [-0.3, -0.25) is 0 Å². The van der Waals surface area contributed by atoms with Gasteiger partial charge in [0.15, 0.2) is 22.9 Å². The average Bonchev–Trinajstić information content (AvgIpc) is 3.36. The Bertz CT molecular complexity index is 1320. The molecule has 0 radical (unpaired) electrons. The van der Waals surface area contributed by atoms with Gasteiger partial charge in [0.2, 0.25) is 5.88 Å². The molecule has 3 heterocycles. The molecule has 2 aromatic heterocycles. The summed E-state index contributed by atoms with van der Waals surface area (Å²) in [5.74, 6) is -0.150. The summed E-state index contributed by atoms with van der Waals surface area (Å²) >= 11 is 0. The van der Waals surface area contributed by atoms with E-state index in [0.717, 1.165) is 28.9 Å². The van der Waals surface area contributed by atoms with Gasteiger partial charge in [-0.2, -0.15) is 0 Å². The van der Waals surface area contributed by atoms with Crippen LogP contribution in [0.15, 0.2) is 45.9 Å². The topological polar surface area (TPSA) is 103 Å². The van der Waals surface area contributed by atoms with Crippen molar-refractivity contribution in [2.24, 2.45) is 4.99 Å². The fourth-order valence-electron chi connectivity index (χ4n) is 3.84. The van der Waals surface area contributed by atoms with E-state index in [4.69, 9.17) is 9.15 Å². The average molecular weight is 506 g/mol. The third kappa shape index (κ3) is 6.44. The van der Waals surface area contributed by atoms with E-state index in [-0.39, 0.29) is 37.0 Å². The van der Waals surface area contributed by atoms with Crippen LogP contribution in [0, 0.1) is 6.92 Å². The molecule has 196 valence electrons. The van der Waals surface area contributed by atoms with E-state index in [0.29, 0.717) is 17.9 Å². The predicted molar refractivity (Wildman–Crippen MR) is 148 cm³/mol. The summed E-state index contributed by atoms with van der Waals surface area (Å²) in [7, 11) is 7.81. The Balaban J connectivity index is 0.00000380. The number of aryl methyl sites for hydroxylation is 1. The van der Waals surface area contributed by atoms with Crippen LogP contribution in [-0.4, -0.2) is 73.4 Å². The number of rotatable bonds is 9. The lowest BCUT2D eigenvalue weighted by atomic mass is 10.1. The molecule has 0 bridgehead atoms. The first-order chi connectivity index (χ1) is 17.2. The highest BCUT2D eigenvalue weighted by Crippen LogP contribution is 2.39. The number of nitrogens with zero attached hydrogens (tertiary/aromatic N) is 4. The third-order valence-corrected chi connectivity index (χ3v) is 5.63. The summed E-state index contributed by atoms with van der Waals surface area (Å²) in [6.45, 7) is 3.51. The summed E-state index contributed by atoms with van der Waals surface area (Å²) in [6.07, 6.45) is 4.95. The number of hydrogen-bond donors (Lipinski definition) is 2. The first kappa shape index (κ1) is 27.6. The van der Waals surface area contributed by atoms with Crippen molar-refractivity contribution < 1.29 is 19.1 Å². The normalized spacial score (nSPS) is 13.2. The molecule has 2 N–H and O–H groups in total. The minimum atomic E-state index is -0.672. The van der Waals surface area contributed by atoms with E-state index in [1.165, 1.54) is 0 Å². The standard InChI is InChI=1S/C27H31N5O4.CH4/c1-17-13-18(16-32(4)5)8-9-21(17)30-26-23(27(34)35-12-11-31(2)3)24(33)22(36-26)14-19-15-29-25-20(19)7-6-10-28-25;/h6-10,13-15,30,33H,11-12,16H2,1-5H3;1H4. The zero-order valence-electron chi connectivity index (χ0n) is 21.2. The van der Waals surface area contributed by atoms with Crippen molar-refractivity contribution in [1.82, 2.24) is 14.8 Å². The summed E-state index contributed by atoms with van der Waals surface area (Å²) in [4.78, 5) is 25.5. The molecule has 1 aromatic carbocycles. The van der Waals surface area contributed by atoms with Gasteiger partial charge in [0.1, 0.15) is 6.61 Å². The van der Waals surface area contributed by atoms with Gasteiger partial charge in [-0.25, -0.2) is 14.8 Å². The first-order valence-electron chi connectivity index (χ1n) is 11.6. The maximum Gasteiger partial charge on any atom is 0.347 e. The largest absolute Gasteiger partial charge is 0.504 e. The monoisotopic (exact) mass is 505 g/mol. The van der Waals surface area contributed by atoms with E-state index in [9.17, 15) is 9.90 Å². The van der Waals surface area contributed by atoms with Crippen LogP contribution < -0.4 is 5.32 Å². The smallest absolute Gasteiger partial charge is 0.347 e. The van der Waals surface area contributed by atoms with Crippen LogP contribution in [0.2, 0.25) is 0 Å². The van der Waals surface area contributed by atoms with Crippen molar-refractivity contribution in [3.63, 3.8) is 0 Å². The van der Waals surface area contributed by atoms with Gasteiger partial charge >= 0.3 is 5.97 Å². The molecule has 0 unspecified atom stereocenters. The van der Waals surface area contributed by atoms with E-state index in [1.807, 2.05) is 64.3 Å². The van der Waals surface area contributed by atoms with Gasteiger partial charge in [-0.05, 0) is 70.5 Å². The van der Waals surface area contributed by atoms with Gasteiger partial charge in [0.05, 0.1) is 0 Å². The number of anilines is 2. The summed E-state index contributed by atoms with van der Waals surface area (Å²) in [5.41, 5.74) is 4.35. The number of ether oxygens (including phenoxy) is 1. The molecule has 0 atom stereocenters. The Hall–Kier alpha value is -3.95. The van der Waals surface area contributed by atoms with Gasteiger partial charge in [0, 0.05) is 42.3 Å². The third-order valence-electron chi connectivity index (χ3n) is 5.63. The van der Waals surface area contributed by atoms with Gasteiger partial charge in [-0.15, -0.1) is 0 Å². The number of hydrogen-bond acceptors (Lipinski definition) is 9. The molecule has 0 amide bonds. The second kappa shape index (κ2) is 11.9. The van der Waals surface area contributed by atoms with Crippen molar-refractivity contribution in [1.29, 1.82) is 0 Å². The highest BCUT2D eigenvalue weighted by molar-refractivity contribution is 6.21. The lowest BCUT2D eigenvalue weighted by Crippen LogP contribution is -2.20. The molecule has 0 aliphatic carbocycles. The number of aromatic hydroxyl groups is 1. The van der Waals surface area contributed by atoms with Crippen LogP contribution in [0.3, 0.4) is 0 Å². The molecule has 1 aliphatic heterocycles. The highest BCUT2D eigenvalue weighted by Gasteiger charge is 2.28. The first-order valence-corrected chi connectivity index (χ1v) is 11.6. The molecule has 0 saturated heterocycles. The van der Waals surface area contributed by atoms with Crippen molar-refractivity contribution in [3.8, 4) is 5.75 Å². The number of carbonyl (C=O) groups excluding carboxylic acids is 1. The number of pyridine rings is 1. The fourth-order valence-corrected chi connectivity index (χ4v) is 3.84. The minimum Gasteiger partial charge on any atom is -0.504 e. The van der Waals surface area contributed by atoms with Gasteiger partial charge < -0.3 is 29.4 Å². The van der Waals surface area contributed by atoms with Crippen LogP contribution in [0.1, 0.15) is 40.2 Å². The number of fused-ring (bicyclic) bond motifs is 1. The van der Waals surface area contributed by atoms with Crippen LogP contribution in [0.4, 0.5) is 17.4 Å². The van der Waals surface area contributed by atoms with Crippen LogP contribution in [0.25, 0.3) is 11.6 Å². The number of aliphatic imine (C=N–C) groups is 1. The Morgan fingerprint density at radius 2 is 1.97 bits per heavy atom. The number of esters is 1. The van der Waals surface area contributed by atoms with Crippen LogP contribution >= 0.6 is 0 Å². The molecular weight excluding hydrogens is 470 g/mol. The Kier molecular flexibility index (Phi) is 8.86. The number of aromatic nitrogens is 1. The zero-order chi connectivity index (χ0) is 25.8. The number of furan rings is 1. The molecule has 1 aliphatic rings. The number of benzene rings is 1. The number of nitrogens with one attached hydrogen (secondary N) is 1. The SMILES string of the molecule is C.Cc1cc(CN(C)C)ccc1Nc1oc(C=C2C=Nc3ncccc32)c(O)c1C(=O)OCCN(C)C. The van der Waals surface area contributed by atoms with E-state index in [2.05, 4.69) is 26.3 Å². The second-order valence-electron chi connectivity index (χ2n) is 9.20. The summed E-state index contributed by atoms with van der Waals surface area (Å²) < 4.78 is 11.4. The lowest BCUT2D eigenvalue weighted by molar-refractivity contribution is 0.0479. The van der Waals surface area contributed by atoms with E-state index in [1.54, 1.807) is 18.5 Å². The molecule has 0 saturated carbocycles. The van der Waals surface area contributed by atoms with Gasteiger partial charge in [0.25, 0.3) is 0 Å². The Morgan fingerprint density at radius 3 is 2.68 bits per heavy atom. The van der Waals surface area contributed by atoms with Crippen molar-refractivity contribution in [2.75, 3.05) is 46.7 Å². The maximum absolute atomic E-state index is 13.0. The molecule has 9 nitrogen and oxygen atoms in total. The zero-order valence-corrected chi connectivity index (χ0v) is 21.2. The van der Waals surface area contributed by atoms with Gasteiger partial charge in [-0.1, -0.05) is 19.6 Å². The van der Waals surface area contributed by atoms with Crippen LogP contribution in [0.5, 0.6) is 5.75 Å². The van der Waals surface area contributed by atoms with Crippen LogP contribution in [-0.2, 0) is 11.3 Å². The summed E-state index contributed by atoms with van der Waals surface area (Å²) in [6, 6.07) is 9.71. The predicted octanol–water partition coefficient (Wildman–Crippen LogP) is 5.10. The minimum absolute atomic E-state index is 0. The molecule has 9 heteroatoms. The summed E-state index contributed by atoms with van der Waals surface area (Å²) in [5, 5.41) is 14.2. The number of likely N-dealkylation sites (N-methyl/N-ethyl adjacent to an activating group) is 1. The lowest BCUT2D eigenvalue weighted by Gasteiger charge is -2.14. The molecule has 37 heavy (non-hydrogen) atoms. The second-order valence-corrected chi connectivity index (χ2v) is 9.20. The van der Waals surface area contributed by atoms with Crippen molar-refractivity contribution in [3.05, 3.63) is 64.5 Å². The Morgan fingerprint density at radius 1 is 1.19 bits per heavy atom.